The van der Waals surface area contributed by atoms with Gasteiger partial charge in [0.15, 0.2) is 0 Å². The average molecular weight is 298 g/mol. The highest BCUT2D eigenvalue weighted by Gasteiger charge is 2.14. The fourth-order valence-corrected chi connectivity index (χ4v) is 3.04. The predicted octanol–water partition coefficient (Wildman–Crippen LogP) is 2.73. The third kappa shape index (κ3) is 5.92. The summed E-state index contributed by atoms with van der Waals surface area (Å²) in [5, 5.41) is 3.01. The monoisotopic (exact) mass is 298 g/mol. The molecule has 20 heavy (non-hydrogen) atoms. The molecule has 0 aliphatic rings. The molecule has 1 aromatic rings. The van der Waals surface area contributed by atoms with Crippen molar-refractivity contribution in [2.75, 3.05) is 24.1 Å². The number of rotatable bonds is 7. The number of hydrogen-bond acceptors (Lipinski definition) is 3. The van der Waals surface area contributed by atoms with E-state index in [9.17, 15) is 8.42 Å². The molecule has 0 aliphatic heterocycles. The number of nitrogens with one attached hydrogen (secondary N) is 2. The maximum Gasteiger partial charge on any atom is 0.232 e. The van der Waals surface area contributed by atoms with Crippen molar-refractivity contribution in [2.24, 2.45) is 0 Å². The first-order valence-corrected chi connectivity index (χ1v) is 8.65. The van der Waals surface area contributed by atoms with Crippen LogP contribution in [0.4, 0.5) is 5.69 Å². The van der Waals surface area contributed by atoms with Crippen molar-refractivity contribution in [2.45, 2.75) is 39.0 Å². The number of benzene rings is 1. The van der Waals surface area contributed by atoms with E-state index in [1.54, 1.807) is 0 Å². The van der Waals surface area contributed by atoms with E-state index in [1.165, 1.54) is 5.56 Å². The van der Waals surface area contributed by atoms with Crippen molar-refractivity contribution in [1.29, 1.82) is 0 Å². The highest BCUT2D eigenvalue weighted by Crippen LogP contribution is 2.23. The Morgan fingerprint density at radius 1 is 1.05 bits per heavy atom. The number of unbranched alkanes of at least 4 members (excludes halogenated alkanes) is 1. The van der Waals surface area contributed by atoms with Crippen LogP contribution in [0.2, 0.25) is 0 Å². The lowest BCUT2D eigenvalue weighted by atomic mass is 9.87. The highest BCUT2D eigenvalue weighted by molar-refractivity contribution is 7.92. The summed E-state index contributed by atoms with van der Waals surface area (Å²) in [5.74, 6) is 0.162. The van der Waals surface area contributed by atoms with Gasteiger partial charge in [-0.25, -0.2) is 8.42 Å². The van der Waals surface area contributed by atoms with Gasteiger partial charge in [-0.1, -0.05) is 32.9 Å². The third-order valence-electron chi connectivity index (χ3n) is 3.11. The number of anilines is 1. The molecule has 114 valence electrons. The number of sulfonamides is 1. The minimum Gasteiger partial charge on any atom is -0.320 e. The van der Waals surface area contributed by atoms with E-state index in [4.69, 9.17) is 0 Å². The molecule has 0 saturated heterocycles. The summed E-state index contributed by atoms with van der Waals surface area (Å²) < 4.78 is 26.5. The lowest BCUT2D eigenvalue weighted by Gasteiger charge is -2.19. The molecule has 0 saturated carbocycles. The first kappa shape index (κ1) is 17.0. The van der Waals surface area contributed by atoms with Crippen molar-refractivity contribution in [3.05, 3.63) is 29.8 Å². The molecule has 0 fully saturated rings. The van der Waals surface area contributed by atoms with Gasteiger partial charge in [0.25, 0.3) is 0 Å². The second-order valence-corrected chi connectivity index (χ2v) is 7.90. The molecule has 0 unspecified atom stereocenters. The molecular formula is C15H26N2O2S. The predicted molar refractivity (Wildman–Crippen MR) is 85.7 cm³/mol. The van der Waals surface area contributed by atoms with Gasteiger partial charge >= 0.3 is 0 Å². The maximum atomic E-state index is 11.9. The van der Waals surface area contributed by atoms with Crippen LogP contribution in [0.25, 0.3) is 0 Å². The summed E-state index contributed by atoms with van der Waals surface area (Å²) in [6, 6.07) is 7.59. The molecule has 1 aromatic carbocycles. The fraction of sp³-hybridized carbons (Fsp3) is 0.600. The zero-order valence-corrected chi connectivity index (χ0v) is 13.7. The normalized spacial score (nSPS) is 12.4. The van der Waals surface area contributed by atoms with Crippen LogP contribution >= 0.6 is 0 Å². The lowest BCUT2D eigenvalue weighted by molar-refractivity contribution is 0.590. The minimum atomic E-state index is -3.24. The number of hydrogen-bond donors (Lipinski definition) is 2. The first-order chi connectivity index (χ1) is 9.24. The van der Waals surface area contributed by atoms with E-state index in [2.05, 4.69) is 30.8 Å². The molecule has 5 heteroatoms. The SMILES string of the molecule is CNCCCCS(=O)(=O)Nc1ccc(C(C)(C)C)cc1. The molecule has 0 atom stereocenters. The third-order valence-corrected chi connectivity index (χ3v) is 4.49. The van der Waals surface area contributed by atoms with E-state index in [0.29, 0.717) is 12.1 Å². The molecule has 1 rings (SSSR count). The lowest BCUT2D eigenvalue weighted by Crippen LogP contribution is -2.18. The van der Waals surface area contributed by atoms with Crippen LogP contribution in [0, 0.1) is 0 Å². The fourth-order valence-electron chi connectivity index (χ4n) is 1.86. The second kappa shape index (κ2) is 7.09. The van der Waals surface area contributed by atoms with Crippen molar-refractivity contribution < 1.29 is 8.42 Å². The second-order valence-electron chi connectivity index (χ2n) is 6.06. The van der Waals surface area contributed by atoms with Crippen LogP contribution in [0.15, 0.2) is 24.3 Å². The summed E-state index contributed by atoms with van der Waals surface area (Å²) in [6.07, 6.45) is 1.52. The molecule has 4 nitrogen and oxygen atoms in total. The van der Waals surface area contributed by atoms with E-state index in [-0.39, 0.29) is 11.2 Å². The van der Waals surface area contributed by atoms with Crippen LogP contribution in [-0.4, -0.2) is 27.8 Å². The van der Waals surface area contributed by atoms with Crippen LogP contribution < -0.4 is 10.0 Å². The summed E-state index contributed by atoms with van der Waals surface area (Å²) in [7, 11) is -1.38. The Kier molecular flexibility index (Phi) is 6.02. The molecule has 2 N–H and O–H groups in total. The molecule has 0 heterocycles. The summed E-state index contributed by atoms with van der Waals surface area (Å²) in [6.45, 7) is 7.24. The van der Waals surface area contributed by atoms with Gasteiger partial charge in [-0.05, 0) is 49.5 Å². The first-order valence-electron chi connectivity index (χ1n) is 7.00. The van der Waals surface area contributed by atoms with Gasteiger partial charge in [-0.2, -0.15) is 0 Å². The van der Waals surface area contributed by atoms with Gasteiger partial charge in [0.1, 0.15) is 0 Å². The van der Waals surface area contributed by atoms with Crippen molar-refractivity contribution in [3.63, 3.8) is 0 Å². The Hall–Kier alpha value is -1.07. The van der Waals surface area contributed by atoms with Gasteiger partial charge in [-0.3, -0.25) is 4.72 Å². The molecule has 0 amide bonds. The Morgan fingerprint density at radius 2 is 1.65 bits per heavy atom. The van der Waals surface area contributed by atoms with Crippen molar-refractivity contribution in [1.82, 2.24) is 5.32 Å². The summed E-state index contributed by atoms with van der Waals surface area (Å²) in [4.78, 5) is 0. The topological polar surface area (TPSA) is 58.2 Å². The van der Waals surface area contributed by atoms with E-state index in [1.807, 2.05) is 31.3 Å². The quantitative estimate of drug-likeness (QED) is 0.761. The Bertz CT molecular complexity index is 502. The van der Waals surface area contributed by atoms with Crippen LogP contribution in [-0.2, 0) is 15.4 Å². The molecule has 0 bridgehead atoms. The van der Waals surface area contributed by atoms with Gasteiger partial charge < -0.3 is 5.32 Å². The summed E-state index contributed by atoms with van der Waals surface area (Å²) in [5.41, 5.74) is 1.89. The van der Waals surface area contributed by atoms with Gasteiger partial charge in [-0.15, -0.1) is 0 Å². The zero-order chi connectivity index (χ0) is 15.2. The van der Waals surface area contributed by atoms with Gasteiger partial charge in [0.2, 0.25) is 10.0 Å². The van der Waals surface area contributed by atoms with Crippen molar-refractivity contribution >= 4 is 15.7 Å². The standard InChI is InChI=1S/C15H26N2O2S/c1-15(2,3)13-7-9-14(10-8-13)17-20(18,19)12-6-5-11-16-4/h7-10,16-17H,5-6,11-12H2,1-4H3. The molecule has 0 radical (unpaired) electrons. The van der Waals surface area contributed by atoms with Crippen molar-refractivity contribution in [3.8, 4) is 0 Å². The average Bonchev–Trinajstić information content (AvgIpc) is 2.34. The van der Waals surface area contributed by atoms with Crippen LogP contribution in [0.3, 0.4) is 0 Å². The van der Waals surface area contributed by atoms with E-state index >= 15 is 0 Å². The van der Waals surface area contributed by atoms with Gasteiger partial charge in [0, 0.05) is 5.69 Å². The largest absolute Gasteiger partial charge is 0.320 e. The molecule has 0 spiro atoms. The minimum absolute atomic E-state index is 0.0740. The Balaban J connectivity index is 2.59. The smallest absolute Gasteiger partial charge is 0.232 e. The van der Waals surface area contributed by atoms with E-state index in [0.717, 1.165) is 13.0 Å². The van der Waals surface area contributed by atoms with Crippen LogP contribution in [0.1, 0.15) is 39.2 Å². The molecular weight excluding hydrogens is 272 g/mol. The Morgan fingerprint density at radius 3 is 2.15 bits per heavy atom. The Labute approximate surface area is 123 Å². The van der Waals surface area contributed by atoms with Crippen LogP contribution in [0.5, 0.6) is 0 Å². The molecule has 0 aliphatic carbocycles. The molecule has 0 aromatic heterocycles. The van der Waals surface area contributed by atoms with E-state index < -0.39 is 10.0 Å². The summed E-state index contributed by atoms with van der Waals surface area (Å²) >= 11 is 0. The van der Waals surface area contributed by atoms with Gasteiger partial charge in [0.05, 0.1) is 5.75 Å². The highest BCUT2D eigenvalue weighted by atomic mass is 32.2. The zero-order valence-electron chi connectivity index (χ0n) is 12.9. The maximum absolute atomic E-state index is 11.9.